The zero-order valence-electron chi connectivity index (χ0n) is 7.69. The highest BCUT2D eigenvalue weighted by atomic mass is 32.1. The van der Waals surface area contributed by atoms with E-state index in [-0.39, 0.29) is 11.9 Å². The molecule has 2 rings (SSSR count). The fourth-order valence-corrected chi connectivity index (χ4v) is 2.31. The van der Waals surface area contributed by atoms with Crippen molar-refractivity contribution in [2.45, 2.75) is 19.4 Å². The maximum Gasteiger partial charge on any atom is 0.334 e. The van der Waals surface area contributed by atoms with Crippen LogP contribution in [0.4, 0.5) is 0 Å². The molecule has 0 saturated heterocycles. The van der Waals surface area contributed by atoms with Gasteiger partial charge in [0.1, 0.15) is 11.9 Å². The zero-order valence-corrected chi connectivity index (χ0v) is 8.50. The second-order valence-corrected chi connectivity index (χ2v) is 4.23. The average Bonchev–Trinajstić information content (AvgIpc) is 2.50. The molecule has 1 N–H and O–H groups in total. The largest absolute Gasteiger partial charge is 0.512 e. The highest BCUT2D eigenvalue weighted by Gasteiger charge is 2.23. The second kappa shape index (κ2) is 3.46. The minimum atomic E-state index is -0.468. The summed E-state index contributed by atoms with van der Waals surface area (Å²) in [5.74, 6) is -0.373. The summed E-state index contributed by atoms with van der Waals surface area (Å²) in [6, 6.07) is 1.97. The molecule has 3 nitrogen and oxygen atoms in total. The molecule has 2 heterocycles. The molecular formula is C10H10O3S. The fraction of sp³-hybridized carbons (Fsp3) is 0.300. The molecule has 0 radical (unpaired) electrons. The third-order valence-corrected chi connectivity index (χ3v) is 3.15. The zero-order chi connectivity index (χ0) is 10.1. The van der Waals surface area contributed by atoms with Crippen molar-refractivity contribution in [2.24, 2.45) is 0 Å². The molecule has 1 atom stereocenters. The maximum atomic E-state index is 11.0. The molecule has 1 aromatic rings. The summed E-state index contributed by atoms with van der Waals surface area (Å²) in [5, 5.41) is 11.3. The van der Waals surface area contributed by atoms with Gasteiger partial charge in [0.05, 0.1) is 6.08 Å². The number of aliphatic hydroxyl groups excluding tert-OH is 1. The molecule has 1 aliphatic rings. The number of thiophene rings is 1. The summed E-state index contributed by atoms with van der Waals surface area (Å²) in [6.45, 7) is 1.99. The minimum absolute atomic E-state index is 0.0947. The number of ether oxygens (including phenoxy) is 1. The molecule has 1 aliphatic heterocycles. The Morgan fingerprint density at radius 3 is 3.00 bits per heavy atom. The summed E-state index contributed by atoms with van der Waals surface area (Å²) in [4.78, 5) is 12.0. The standard InChI is InChI=1S/C10H10O3S/c1-6-2-9(14-5-6)8-3-7(11)4-10(12)13-8/h2,4-5,8,11H,3H2,1H3. The van der Waals surface area contributed by atoms with Crippen LogP contribution in [0.1, 0.15) is 23.0 Å². The predicted octanol–water partition coefficient (Wildman–Crippen LogP) is 2.49. The SMILES string of the molecule is Cc1csc(C2CC(O)=CC(=O)O2)c1. The highest BCUT2D eigenvalue weighted by molar-refractivity contribution is 7.10. The lowest BCUT2D eigenvalue weighted by Gasteiger charge is -2.18. The van der Waals surface area contributed by atoms with Crippen molar-refractivity contribution in [3.05, 3.63) is 33.7 Å². The smallest absolute Gasteiger partial charge is 0.334 e. The lowest BCUT2D eigenvalue weighted by Crippen LogP contribution is -2.15. The van der Waals surface area contributed by atoms with Gasteiger partial charge in [-0.05, 0) is 23.9 Å². The van der Waals surface area contributed by atoms with Crippen LogP contribution in [0.15, 0.2) is 23.3 Å². The van der Waals surface area contributed by atoms with E-state index in [1.54, 1.807) is 11.3 Å². The fourth-order valence-electron chi connectivity index (χ4n) is 1.38. The van der Waals surface area contributed by atoms with Gasteiger partial charge in [0.15, 0.2) is 0 Å². The van der Waals surface area contributed by atoms with E-state index in [1.807, 2.05) is 18.4 Å². The quantitative estimate of drug-likeness (QED) is 0.724. The molecule has 0 aliphatic carbocycles. The van der Waals surface area contributed by atoms with Crippen molar-refractivity contribution in [1.29, 1.82) is 0 Å². The van der Waals surface area contributed by atoms with E-state index in [0.717, 1.165) is 16.5 Å². The van der Waals surface area contributed by atoms with Gasteiger partial charge in [-0.1, -0.05) is 0 Å². The average molecular weight is 210 g/mol. The van der Waals surface area contributed by atoms with Crippen LogP contribution in [0.2, 0.25) is 0 Å². The summed E-state index contributed by atoms with van der Waals surface area (Å²) in [6.07, 6.45) is 1.19. The Morgan fingerprint density at radius 1 is 1.64 bits per heavy atom. The van der Waals surface area contributed by atoms with Crippen LogP contribution in [0.5, 0.6) is 0 Å². The van der Waals surface area contributed by atoms with E-state index in [0.29, 0.717) is 6.42 Å². The Labute approximate surface area is 85.6 Å². The topological polar surface area (TPSA) is 46.5 Å². The summed E-state index contributed by atoms with van der Waals surface area (Å²) in [5.41, 5.74) is 1.15. The monoisotopic (exact) mass is 210 g/mol. The van der Waals surface area contributed by atoms with Gasteiger partial charge < -0.3 is 9.84 Å². The van der Waals surface area contributed by atoms with Gasteiger partial charge in [0, 0.05) is 11.3 Å². The molecule has 0 spiro atoms. The van der Waals surface area contributed by atoms with Crippen molar-refractivity contribution >= 4 is 17.3 Å². The third kappa shape index (κ3) is 1.80. The van der Waals surface area contributed by atoms with E-state index in [9.17, 15) is 9.90 Å². The van der Waals surface area contributed by atoms with Crippen LogP contribution in [0.25, 0.3) is 0 Å². The van der Waals surface area contributed by atoms with Crippen LogP contribution in [0.3, 0.4) is 0 Å². The molecule has 0 bridgehead atoms. The number of hydrogen-bond donors (Lipinski definition) is 1. The van der Waals surface area contributed by atoms with Gasteiger partial charge in [-0.25, -0.2) is 4.79 Å². The van der Waals surface area contributed by atoms with Crippen molar-refractivity contribution in [3.8, 4) is 0 Å². The number of aryl methyl sites for hydroxylation is 1. The Kier molecular flexibility index (Phi) is 2.29. The van der Waals surface area contributed by atoms with Crippen LogP contribution < -0.4 is 0 Å². The first kappa shape index (κ1) is 9.27. The van der Waals surface area contributed by atoms with E-state index in [1.165, 1.54) is 0 Å². The van der Waals surface area contributed by atoms with Crippen molar-refractivity contribution < 1.29 is 14.6 Å². The number of cyclic esters (lactones) is 1. The van der Waals surface area contributed by atoms with Gasteiger partial charge in [-0.2, -0.15) is 0 Å². The Bertz CT molecular complexity index is 392. The molecule has 14 heavy (non-hydrogen) atoms. The van der Waals surface area contributed by atoms with Crippen molar-refractivity contribution in [1.82, 2.24) is 0 Å². The molecule has 1 aromatic heterocycles. The first-order valence-corrected chi connectivity index (χ1v) is 5.18. The summed E-state index contributed by atoms with van der Waals surface area (Å²) in [7, 11) is 0. The summed E-state index contributed by atoms with van der Waals surface area (Å²) < 4.78 is 5.09. The molecule has 74 valence electrons. The highest BCUT2D eigenvalue weighted by Crippen LogP contribution is 2.32. The first-order valence-electron chi connectivity index (χ1n) is 4.30. The number of carbonyl (C=O) groups is 1. The van der Waals surface area contributed by atoms with Crippen LogP contribution in [-0.2, 0) is 9.53 Å². The van der Waals surface area contributed by atoms with Crippen molar-refractivity contribution in [3.63, 3.8) is 0 Å². The molecule has 0 saturated carbocycles. The lowest BCUT2D eigenvalue weighted by molar-refractivity contribution is -0.145. The summed E-state index contributed by atoms with van der Waals surface area (Å²) >= 11 is 1.54. The predicted molar refractivity (Wildman–Crippen MR) is 53.2 cm³/mol. The third-order valence-electron chi connectivity index (χ3n) is 2.01. The minimum Gasteiger partial charge on any atom is -0.512 e. The van der Waals surface area contributed by atoms with E-state index >= 15 is 0 Å². The number of hydrogen-bond acceptors (Lipinski definition) is 4. The Balaban J connectivity index is 2.21. The second-order valence-electron chi connectivity index (χ2n) is 3.29. The van der Waals surface area contributed by atoms with Gasteiger partial charge >= 0.3 is 5.97 Å². The Hall–Kier alpha value is -1.29. The van der Waals surface area contributed by atoms with E-state index < -0.39 is 5.97 Å². The molecule has 1 unspecified atom stereocenters. The number of aliphatic hydroxyl groups is 1. The van der Waals surface area contributed by atoms with Gasteiger partial charge in [-0.15, -0.1) is 11.3 Å². The normalized spacial score (nSPS) is 21.6. The number of esters is 1. The van der Waals surface area contributed by atoms with E-state index in [2.05, 4.69) is 0 Å². The van der Waals surface area contributed by atoms with Crippen LogP contribution >= 0.6 is 11.3 Å². The van der Waals surface area contributed by atoms with Crippen molar-refractivity contribution in [2.75, 3.05) is 0 Å². The number of carbonyl (C=O) groups excluding carboxylic acids is 1. The maximum absolute atomic E-state index is 11.0. The lowest BCUT2D eigenvalue weighted by atomic mass is 10.1. The van der Waals surface area contributed by atoms with Crippen LogP contribution in [0, 0.1) is 6.92 Å². The van der Waals surface area contributed by atoms with Gasteiger partial charge in [0.25, 0.3) is 0 Å². The van der Waals surface area contributed by atoms with E-state index in [4.69, 9.17) is 4.74 Å². The van der Waals surface area contributed by atoms with Gasteiger partial charge in [0.2, 0.25) is 0 Å². The molecule has 0 fully saturated rings. The Morgan fingerprint density at radius 2 is 2.43 bits per heavy atom. The molecular weight excluding hydrogens is 200 g/mol. The van der Waals surface area contributed by atoms with Crippen LogP contribution in [-0.4, -0.2) is 11.1 Å². The first-order chi connectivity index (χ1) is 6.65. The molecule has 0 aromatic carbocycles. The molecule has 0 amide bonds. The molecule has 4 heteroatoms. The number of rotatable bonds is 1. The van der Waals surface area contributed by atoms with Gasteiger partial charge in [-0.3, -0.25) is 0 Å².